The summed E-state index contributed by atoms with van der Waals surface area (Å²) < 4.78 is 25.4. The molecule has 0 saturated heterocycles. The summed E-state index contributed by atoms with van der Waals surface area (Å²) in [5.74, 6) is -0.213. The molecule has 0 radical (unpaired) electrons. The number of nitrogens with two attached hydrogens (primary N) is 1. The molecule has 0 bridgehead atoms. The molecule has 7 heteroatoms. The van der Waals surface area contributed by atoms with Gasteiger partial charge in [-0.1, -0.05) is 18.2 Å². The van der Waals surface area contributed by atoms with E-state index in [9.17, 15) is 13.6 Å². The number of rotatable bonds is 6. The zero-order valence-electron chi connectivity index (χ0n) is 11.3. The Hall–Kier alpha value is -2.44. The topological polar surface area (TPSA) is 72.9 Å². The number of halogens is 2. The van der Waals surface area contributed by atoms with Gasteiger partial charge in [-0.2, -0.15) is 5.10 Å². The maximum Gasteiger partial charge on any atom is 0.257 e. The van der Waals surface area contributed by atoms with Crippen LogP contribution in [0.5, 0.6) is 0 Å². The maximum absolute atomic E-state index is 12.2. The normalized spacial score (nSPS) is 10.8. The van der Waals surface area contributed by atoms with Gasteiger partial charge in [-0.05, 0) is 18.1 Å². The molecule has 0 atom stereocenters. The number of hydrogen-bond acceptors (Lipinski definition) is 3. The molecule has 2 aromatic rings. The van der Waals surface area contributed by atoms with Crippen molar-refractivity contribution in [1.82, 2.24) is 9.78 Å². The number of amides is 1. The van der Waals surface area contributed by atoms with Crippen molar-refractivity contribution in [2.75, 3.05) is 11.1 Å². The second-order valence-corrected chi connectivity index (χ2v) is 4.59. The lowest BCUT2D eigenvalue weighted by molar-refractivity contribution is -0.116. The van der Waals surface area contributed by atoms with Crippen molar-refractivity contribution in [3.05, 3.63) is 42.2 Å². The van der Waals surface area contributed by atoms with Gasteiger partial charge in [-0.15, -0.1) is 0 Å². The van der Waals surface area contributed by atoms with Crippen LogP contribution in [-0.4, -0.2) is 22.1 Å². The number of anilines is 2. The number of nitrogens with zero attached hydrogens (tertiary/aromatic N) is 2. The van der Waals surface area contributed by atoms with Gasteiger partial charge in [0.15, 0.2) is 0 Å². The van der Waals surface area contributed by atoms with Gasteiger partial charge in [-0.25, -0.2) is 8.78 Å². The highest BCUT2D eigenvalue weighted by Gasteiger charge is 2.08. The van der Waals surface area contributed by atoms with E-state index in [1.54, 1.807) is 6.07 Å². The van der Waals surface area contributed by atoms with Gasteiger partial charge < -0.3 is 11.1 Å². The first kappa shape index (κ1) is 15.0. The van der Waals surface area contributed by atoms with Gasteiger partial charge in [0.05, 0.1) is 11.9 Å². The second kappa shape index (κ2) is 6.83. The first-order valence-electron chi connectivity index (χ1n) is 6.48. The zero-order valence-corrected chi connectivity index (χ0v) is 11.3. The summed E-state index contributed by atoms with van der Waals surface area (Å²) in [5.41, 5.74) is 7.75. The first-order chi connectivity index (χ1) is 10.0. The standard InChI is InChI=1S/C14H16F2N4O/c15-13(16)9-20-8-11(7-18-20)19-14(21)6-5-10-3-1-2-4-12(10)17/h1-4,7-8,13H,5-6,9,17H2,(H,19,21). The predicted molar refractivity (Wildman–Crippen MR) is 76.0 cm³/mol. The largest absolute Gasteiger partial charge is 0.399 e. The highest BCUT2D eigenvalue weighted by atomic mass is 19.3. The number of hydrogen-bond donors (Lipinski definition) is 2. The van der Waals surface area contributed by atoms with E-state index in [2.05, 4.69) is 10.4 Å². The molecular weight excluding hydrogens is 278 g/mol. The van der Waals surface area contributed by atoms with Crippen molar-refractivity contribution in [3.8, 4) is 0 Å². The minimum Gasteiger partial charge on any atom is -0.399 e. The van der Waals surface area contributed by atoms with Crippen LogP contribution in [0.1, 0.15) is 12.0 Å². The van der Waals surface area contributed by atoms with Crippen molar-refractivity contribution in [2.45, 2.75) is 25.8 Å². The smallest absolute Gasteiger partial charge is 0.257 e. The number of benzene rings is 1. The summed E-state index contributed by atoms with van der Waals surface area (Å²) in [7, 11) is 0. The fourth-order valence-electron chi connectivity index (χ4n) is 1.90. The number of carbonyl (C=O) groups excluding carboxylic acids is 1. The van der Waals surface area contributed by atoms with E-state index in [0.29, 0.717) is 17.8 Å². The summed E-state index contributed by atoms with van der Waals surface area (Å²) in [4.78, 5) is 11.8. The summed E-state index contributed by atoms with van der Waals surface area (Å²) in [6.45, 7) is -0.490. The molecule has 2 rings (SSSR count). The molecule has 1 heterocycles. The van der Waals surface area contributed by atoms with E-state index in [-0.39, 0.29) is 12.3 Å². The van der Waals surface area contributed by atoms with Crippen molar-refractivity contribution in [1.29, 1.82) is 0 Å². The molecule has 1 amide bonds. The molecule has 1 aromatic heterocycles. The van der Waals surface area contributed by atoms with Crippen LogP contribution in [0, 0.1) is 0 Å². The Balaban J connectivity index is 1.84. The summed E-state index contributed by atoms with van der Waals surface area (Å²) >= 11 is 0. The van der Waals surface area contributed by atoms with Gasteiger partial charge in [0.1, 0.15) is 6.54 Å². The molecule has 1 aromatic carbocycles. The Kier molecular flexibility index (Phi) is 4.86. The van der Waals surface area contributed by atoms with E-state index in [4.69, 9.17) is 5.73 Å². The summed E-state index contributed by atoms with van der Waals surface area (Å²) in [6.07, 6.45) is 1.02. The molecule has 0 spiro atoms. The van der Waals surface area contributed by atoms with Gasteiger partial charge in [-0.3, -0.25) is 9.48 Å². The van der Waals surface area contributed by atoms with Gasteiger partial charge in [0.25, 0.3) is 6.43 Å². The van der Waals surface area contributed by atoms with Crippen molar-refractivity contribution < 1.29 is 13.6 Å². The van der Waals surface area contributed by atoms with Crippen LogP contribution in [0.3, 0.4) is 0 Å². The van der Waals surface area contributed by atoms with Crippen LogP contribution in [0.15, 0.2) is 36.7 Å². The molecule has 112 valence electrons. The Morgan fingerprint density at radius 3 is 2.86 bits per heavy atom. The zero-order chi connectivity index (χ0) is 15.2. The first-order valence-corrected chi connectivity index (χ1v) is 6.48. The average molecular weight is 294 g/mol. The average Bonchev–Trinajstić information content (AvgIpc) is 2.84. The number of carbonyl (C=O) groups is 1. The Morgan fingerprint density at radius 1 is 1.38 bits per heavy atom. The SMILES string of the molecule is Nc1ccccc1CCC(=O)Nc1cnn(CC(F)F)c1. The number of nitrogen functional groups attached to an aromatic ring is 1. The fraction of sp³-hybridized carbons (Fsp3) is 0.286. The number of aromatic nitrogens is 2. The molecule has 21 heavy (non-hydrogen) atoms. The van der Waals surface area contributed by atoms with Crippen LogP contribution in [0.2, 0.25) is 0 Å². The molecule has 0 unspecified atom stereocenters. The third-order valence-corrected chi connectivity index (χ3v) is 2.92. The molecule has 0 saturated carbocycles. The van der Waals surface area contributed by atoms with Gasteiger partial charge in [0, 0.05) is 18.3 Å². The van der Waals surface area contributed by atoms with Gasteiger partial charge in [0.2, 0.25) is 5.91 Å². The van der Waals surface area contributed by atoms with E-state index >= 15 is 0 Å². The van der Waals surface area contributed by atoms with Crippen LogP contribution in [0.4, 0.5) is 20.2 Å². The predicted octanol–water partition coefficient (Wildman–Crippen LogP) is 2.30. The van der Waals surface area contributed by atoms with Crippen LogP contribution in [0.25, 0.3) is 0 Å². The molecule has 0 aliphatic heterocycles. The number of nitrogens with one attached hydrogen (secondary N) is 1. The van der Waals surface area contributed by atoms with Crippen LogP contribution < -0.4 is 11.1 Å². The van der Waals surface area contributed by atoms with Crippen LogP contribution >= 0.6 is 0 Å². The number of para-hydroxylation sites is 1. The lowest BCUT2D eigenvalue weighted by Gasteiger charge is -2.05. The van der Waals surface area contributed by atoms with Crippen LogP contribution in [-0.2, 0) is 17.8 Å². The van der Waals surface area contributed by atoms with E-state index in [1.807, 2.05) is 18.2 Å². The molecule has 5 nitrogen and oxygen atoms in total. The van der Waals surface area contributed by atoms with E-state index < -0.39 is 13.0 Å². The maximum atomic E-state index is 12.2. The minimum absolute atomic E-state index is 0.213. The molecule has 3 N–H and O–H groups in total. The Morgan fingerprint density at radius 2 is 2.14 bits per heavy atom. The lowest BCUT2D eigenvalue weighted by Crippen LogP contribution is -2.12. The Bertz CT molecular complexity index is 613. The van der Waals surface area contributed by atoms with Gasteiger partial charge >= 0.3 is 0 Å². The Labute approximate surface area is 120 Å². The third kappa shape index (κ3) is 4.55. The van der Waals surface area contributed by atoms with E-state index in [0.717, 1.165) is 10.2 Å². The summed E-state index contributed by atoms with van der Waals surface area (Å²) in [6, 6.07) is 7.33. The monoisotopic (exact) mass is 294 g/mol. The quantitative estimate of drug-likeness (QED) is 0.803. The highest BCUT2D eigenvalue weighted by molar-refractivity contribution is 5.90. The summed E-state index contributed by atoms with van der Waals surface area (Å²) in [5, 5.41) is 6.36. The molecule has 0 aliphatic carbocycles. The molecule has 0 aliphatic rings. The van der Waals surface area contributed by atoms with Crippen molar-refractivity contribution >= 4 is 17.3 Å². The molecular formula is C14H16F2N4O. The highest BCUT2D eigenvalue weighted by Crippen LogP contribution is 2.13. The number of aryl methyl sites for hydroxylation is 1. The van der Waals surface area contributed by atoms with E-state index in [1.165, 1.54) is 12.4 Å². The third-order valence-electron chi connectivity index (χ3n) is 2.92. The van der Waals surface area contributed by atoms with Crippen molar-refractivity contribution in [3.63, 3.8) is 0 Å². The fourth-order valence-corrected chi connectivity index (χ4v) is 1.90. The minimum atomic E-state index is -2.48. The number of alkyl halides is 2. The van der Waals surface area contributed by atoms with Crippen molar-refractivity contribution in [2.24, 2.45) is 0 Å². The molecule has 0 fully saturated rings. The lowest BCUT2D eigenvalue weighted by atomic mass is 10.1. The second-order valence-electron chi connectivity index (χ2n) is 4.59.